The van der Waals surface area contributed by atoms with Crippen molar-refractivity contribution in [2.45, 2.75) is 19.4 Å². The molecule has 0 unspecified atom stereocenters. The fourth-order valence-corrected chi connectivity index (χ4v) is 3.47. The average Bonchev–Trinajstić information content (AvgIpc) is 2.85. The molecule has 192 valence electrons. The maximum Gasteiger partial charge on any atom is 0.415 e. The Kier molecular flexibility index (Phi) is 10.6. The van der Waals surface area contributed by atoms with Crippen LogP contribution < -0.4 is 29.0 Å². The van der Waals surface area contributed by atoms with E-state index in [0.717, 1.165) is 0 Å². The van der Waals surface area contributed by atoms with Gasteiger partial charge in [0.25, 0.3) is 0 Å². The molecule has 10 nitrogen and oxygen atoms in total. The summed E-state index contributed by atoms with van der Waals surface area (Å²) >= 11 is 0. The van der Waals surface area contributed by atoms with E-state index in [9.17, 15) is 14.7 Å². The van der Waals surface area contributed by atoms with Crippen molar-refractivity contribution in [1.29, 1.82) is 0 Å². The van der Waals surface area contributed by atoms with Gasteiger partial charge in [-0.3, -0.25) is 9.69 Å². The highest BCUT2D eigenvalue weighted by Crippen LogP contribution is 2.40. The van der Waals surface area contributed by atoms with Crippen LogP contribution in [0.15, 0.2) is 30.3 Å². The number of carbonyl (C=O) groups is 2. The normalized spacial score (nSPS) is 11.4. The van der Waals surface area contributed by atoms with Crippen LogP contribution >= 0.6 is 0 Å². The van der Waals surface area contributed by atoms with Gasteiger partial charge in [0.2, 0.25) is 5.75 Å². The standard InChI is InChI=1S/C25H34N2O8/c1-16(28)15-27(10-9-26-2)25(30)35-21-12-17(7-8-20(21)31-3)11-19(29)18-13-22(32-4)24(34-6)23(14-18)33-5/h7-8,12-14,19,26,29H,9-11,15H2,1-6H3/t19-/m1/s1. The fraction of sp³-hybridized carbons (Fsp3) is 0.440. The molecule has 0 radical (unpaired) electrons. The van der Waals surface area contributed by atoms with Crippen LogP contribution in [-0.4, -0.2) is 77.0 Å². The molecule has 2 aromatic carbocycles. The summed E-state index contributed by atoms with van der Waals surface area (Å²) in [5.41, 5.74) is 1.26. The number of carbonyl (C=O) groups excluding carboxylic acids is 2. The van der Waals surface area contributed by atoms with Crippen LogP contribution in [0.3, 0.4) is 0 Å². The number of hydrogen-bond acceptors (Lipinski definition) is 9. The summed E-state index contributed by atoms with van der Waals surface area (Å²) in [7, 11) is 7.73. The second kappa shape index (κ2) is 13.4. The Balaban J connectivity index is 2.27. The van der Waals surface area contributed by atoms with Crippen molar-refractivity contribution in [1.82, 2.24) is 10.2 Å². The van der Waals surface area contributed by atoms with Gasteiger partial charge >= 0.3 is 6.09 Å². The Bertz CT molecular complexity index is 986. The monoisotopic (exact) mass is 490 g/mol. The maximum atomic E-state index is 12.8. The molecule has 0 saturated carbocycles. The average molecular weight is 491 g/mol. The highest BCUT2D eigenvalue weighted by Gasteiger charge is 2.21. The number of hydrogen-bond donors (Lipinski definition) is 2. The minimum absolute atomic E-state index is 0.0671. The Morgan fingerprint density at radius 2 is 1.57 bits per heavy atom. The quantitative estimate of drug-likeness (QED) is 0.437. The molecule has 35 heavy (non-hydrogen) atoms. The number of rotatable bonds is 13. The van der Waals surface area contributed by atoms with Gasteiger partial charge < -0.3 is 34.1 Å². The third-order valence-corrected chi connectivity index (χ3v) is 5.23. The van der Waals surface area contributed by atoms with Gasteiger partial charge in [-0.1, -0.05) is 6.07 Å². The van der Waals surface area contributed by atoms with E-state index in [2.05, 4.69) is 5.32 Å². The van der Waals surface area contributed by atoms with Gasteiger partial charge in [0.1, 0.15) is 5.78 Å². The predicted octanol–water partition coefficient (Wildman–Crippen LogP) is 2.61. The maximum absolute atomic E-state index is 12.8. The number of aliphatic hydroxyl groups excluding tert-OH is 1. The fourth-order valence-electron chi connectivity index (χ4n) is 3.47. The van der Waals surface area contributed by atoms with Gasteiger partial charge in [0.05, 0.1) is 41.1 Å². The third-order valence-electron chi connectivity index (χ3n) is 5.23. The zero-order valence-electron chi connectivity index (χ0n) is 21.0. The van der Waals surface area contributed by atoms with Crippen molar-refractivity contribution < 1.29 is 38.4 Å². The summed E-state index contributed by atoms with van der Waals surface area (Å²) in [6.07, 6.45) is -1.37. The predicted molar refractivity (Wildman–Crippen MR) is 130 cm³/mol. The Labute approximate surface area is 205 Å². The van der Waals surface area contributed by atoms with Crippen molar-refractivity contribution >= 4 is 11.9 Å². The molecular formula is C25H34N2O8. The second-order valence-corrected chi connectivity index (χ2v) is 7.76. The van der Waals surface area contributed by atoms with Crippen LogP contribution in [0.5, 0.6) is 28.7 Å². The molecule has 0 bridgehead atoms. The molecule has 0 aromatic heterocycles. The molecule has 0 aliphatic heterocycles. The number of ketones is 1. The van der Waals surface area contributed by atoms with Gasteiger partial charge in [-0.25, -0.2) is 4.79 Å². The van der Waals surface area contributed by atoms with E-state index >= 15 is 0 Å². The van der Waals surface area contributed by atoms with Crippen molar-refractivity contribution in [3.05, 3.63) is 41.5 Å². The minimum atomic E-state index is -0.912. The van der Waals surface area contributed by atoms with Crippen molar-refractivity contribution in [3.63, 3.8) is 0 Å². The summed E-state index contributed by atoms with van der Waals surface area (Å²) in [4.78, 5) is 25.7. The largest absolute Gasteiger partial charge is 0.493 e. The van der Waals surface area contributed by atoms with E-state index in [1.807, 2.05) is 0 Å². The van der Waals surface area contributed by atoms with Gasteiger partial charge in [-0.05, 0) is 49.4 Å². The SMILES string of the molecule is CNCCN(CC(C)=O)C(=O)Oc1cc(C[C@@H](O)c2cc(OC)c(OC)c(OC)c2)ccc1OC. The molecule has 1 amide bonds. The first-order chi connectivity index (χ1) is 16.8. The highest BCUT2D eigenvalue weighted by atomic mass is 16.6. The number of methoxy groups -OCH3 is 4. The first-order valence-corrected chi connectivity index (χ1v) is 11.0. The molecule has 2 N–H and O–H groups in total. The number of likely N-dealkylation sites (N-methyl/N-ethyl adjacent to an activating group) is 1. The molecule has 10 heteroatoms. The number of amides is 1. The molecule has 0 heterocycles. The van der Waals surface area contributed by atoms with Crippen LogP contribution in [0.4, 0.5) is 4.79 Å². The lowest BCUT2D eigenvalue weighted by Gasteiger charge is -2.21. The first-order valence-electron chi connectivity index (χ1n) is 11.0. The van der Waals surface area contributed by atoms with Crippen LogP contribution in [0.25, 0.3) is 0 Å². The lowest BCUT2D eigenvalue weighted by Crippen LogP contribution is -2.40. The van der Waals surface area contributed by atoms with E-state index < -0.39 is 12.2 Å². The summed E-state index contributed by atoms with van der Waals surface area (Å²) in [5, 5.41) is 13.9. The van der Waals surface area contributed by atoms with E-state index in [4.69, 9.17) is 23.7 Å². The summed E-state index contributed by atoms with van der Waals surface area (Å²) < 4.78 is 27.0. The Morgan fingerprint density at radius 3 is 2.09 bits per heavy atom. The zero-order valence-corrected chi connectivity index (χ0v) is 21.0. The number of benzene rings is 2. The number of nitrogens with zero attached hydrogens (tertiary/aromatic N) is 1. The number of Topliss-reactive ketones (excluding diaryl/α,β-unsaturated/α-hetero) is 1. The van der Waals surface area contributed by atoms with Gasteiger partial charge in [0.15, 0.2) is 23.0 Å². The Hall–Kier alpha value is -3.50. The molecule has 0 fully saturated rings. The van der Waals surface area contributed by atoms with Gasteiger partial charge in [0, 0.05) is 19.5 Å². The number of ether oxygens (including phenoxy) is 5. The van der Waals surface area contributed by atoms with Crippen molar-refractivity contribution in [2.75, 3.05) is 55.1 Å². The van der Waals surface area contributed by atoms with Crippen LogP contribution in [0, 0.1) is 0 Å². The highest BCUT2D eigenvalue weighted by molar-refractivity contribution is 5.82. The number of aliphatic hydroxyl groups is 1. The smallest absolute Gasteiger partial charge is 0.415 e. The lowest BCUT2D eigenvalue weighted by molar-refractivity contribution is -0.117. The van der Waals surface area contributed by atoms with Crippen LogP contribution in [0.2, 0.25) is 0 Å². The first kappa shape index (κ1) is 27.7. The Morgan fingerprint density at radius 1 is 0.943 bits per heavy atom. The summed E-state index contributed by atoms with van der Waals surface area (Å²) in [5.74, 6) is 1.66. The summed E-state index contributed by atoms with van der Waals surface area (Å²) in [6, 6.07) is 8.41. The van der Waals surface area contributed by atoms with Crippen LogP contribution in [-0.2, 0) is 11.2 Å². The number of nitrogens with one attached hydrogen (secondary N) is 1. The molecule has 1 atom stereocenters. The minimum Gasteiger partial charge on any atom is -0.493 e. The lowest BCUT2D eigenvalue weighted by atomic mass is 10.00. The van der Waals surface area contributed by atoms with Gasteiger partial charge in [-0.15, -0.1) is 0 Å². The molecule has 0 aliphatic rings. The van der Waals surface area contributed by atoms with E-state index in [0.29, 0.717) is 47.2 Å². The molecule has 0 spiro atoms. The summed E-state index contributed by atoms with van der Waals surface area (Å²) in [6.45, 7) is 2.14. The molecule has 0 saturated heterocycles. The van der Waals surface area contributed by atoms with Gasteiger partial charge in [-0.2, -0.15) is 0 Å². The van der Waals surface area contributed by atoms with E-state index in [1.165, 1.54) is 40.3 Å². The zero-order chi connectivity index (χ0) is 26.0. The van der Waals surface area contributed by atoms with Crippen molar-refractivity contribution in [3.8, 4) is 28.7 Å². The third kappa shape index (κ3) is 7.49. The molecular weight excluding hydrogens is 456 g/mol. The topological polar surface area (TPSA) is 116 Å². The van der Waals surface area contributed by atoms with Crippen molar-refractivity contribution in [2.24, 2.45) is 0 Å². The van der Waals surface area contributed by atoms with E-state index in [-0.39, 0.29) is 24.5 Å². The molecule has 0 aliphatic carbocycles. The molecule has 2 rings (SSSR count). The van der Waals surface area contributed by atoms with Crippen LogP contribution in [0.1, 0.15) is 24.2 Å². The van der Waals surface area contributed by atoms with E-state index in [1.54, 1.807) is 37.4 Å². The second-order valence-electron chi connectivity index (χ2n) is 7.76. The molecule has 2 aromatic rings.